The summed E-state index contributed by atoms with van der Waals surface area (Å²) >= 11 is 0. The van der Waals surface area contributed by atoms with Crippen molar-refractivity contribution in [3.63, 3.8) is 0 Å². The number of hydrogen-bond donors (Lipinski definition) is 2. The first-order chi connectivity index (χ1) is 7.09. The van der Waals surface area contributed by atoms with Gasteiger partial charge in [-0.1, -0.05) is 0 Å². The molecule has 76 valence electrons. The first-order valence-corrected chi connectivity index (χ1v) is 4.45. The highest BCUT2D eigenvalue weighted by Gasteiger charge is 2.06. The number of H-pyrrole nitrogens is 1. The van der Waals surface area contributed by atoms with Crippen LogP contribution in [0.3, 0.4) is 0 Å². The first-order valence-electron chi connectivity index (χ1n) is 4.45. The fraction of sp³-hybridized carbons (Fsp3) is 0.0909. The Balaban J connectivity index is 2.87. The number of benzene rings is 1. The van der Waals surface area contributed by atoms with E-state index in [2.05, 4.69) is 4.98 Å². The Hall–Kier alpha value is -2.10. The number of carboxylic acids is 1. The van der Waals surface area contributed by atoms with Crippen LogP contribution in [-0.2, 0) is 0 Å². The highest BCUT2D eigenvalue weighted by atomic mass is 16.4. The fourth-order valence-electron chi connectivity index (χ4n) is 1.53. The van der Waals surface area contributed by atoms with Crippen molar-refractivity contribution >= 4 is 16.7 Å². The van der Waals surface area contributed by atoms with E-state index >= 15 is 0 Å². The second-order valence-corrected chi connectivity index (χ2v) is 3.37. The summed E-state index contributed by atoms with van der Waals surface area (Å²) in [4.78, 5) is 24.8. The third kappa shape index (κ3) is 1.50. The van der Waals surface area contributed by atoms with E-state index in [1.165, 1.54) is 18.2 Å². The number of rotatable bonds is 1. The zero-order valence-corrected chi connectivity index (χ0v) is 8.07. The number of aromatic nitrogens is 1. The molecule has 0 aliphatic carbocycles. The van der Waals surface area contributed by atoms with Crippen molar-refractivity contribution in [3.05, 3.63) is 45.9 Å². The van der Waals surface area contributed by atoms with Gasteiger partial charge in [0, 0.05) is 11.6 Å². The molecule has 15 heavy (non-hydrogen) atoms. The number of fused-ring (bicyclic) bond motifs is 1. The molecule has 0 bridgehead atoms. The smallest absolute Gasteiger partial charge is 0.335 e. The van der Waals surface area contributed by atoms with Crippen LogP contribution in [0.2, 0.25) is 0 Å². The average molecular weight is 203 g/mol. The molecule has 0 radical (unpaired) electrons. The SMILES string of the molecule is Cc1c[nH]c(=O)c2ccc(C(=O)O)cc12. The lowest BCUT2D eigenvalue weighted by atomic mass is 10.1. The lowest BCUT2D eigenvalue weighted by Crippen LogP contribution is -2.07. The van der Waals surface area contributed by atoms with E-state index in [-0.39, 0.29) is 11.1 Å². The van der Waals surface area contributed by atoms with Crippen LogP contribution in [0.5, 0.6) is 0 Å². The summed E-state index contributed by atoms with van der Waals surface area (Å²) in [6.45, 7) is 1.82. The summed E-state index contributed by atoms with van der Waals surface area (Å²) in [5.74, 6) is -0.989. The number of hydrogen-bond acceptors (Lipinski definition) is 2. The van der Waals surface area contributed by atoms with Crippen molar-refractivity contribution in [2.24, 2.45) is 0 Å². The van der Waals surface area contributed by atoms with Crippen molar-refractivity contribution in [2.75, 3.05) is 0 Å². The fourth-order valence-corrected chi connectivity index (χ4v) is 1.53. The molecule has 1 heterocycles. The summed E-state index contributed by atoms with van der Waals surface area (Å²) in [7, 11) is 0. The summed E-state index contributed by atoms with van der Waals surface area (Å²) in [6.07, 6.45) is 1.58. The number of aryl methyl sites for hydroxylation is 1. The van der Waals surface area contributed by atoms with Crippen molar-refractivity contribution in [1.29, 1.82) is 0 Å². The Morgan fingerprint density at radius 3 is 2.73 bits per heavy atom. The second kappa shape index (κ2) is 3.24. The van der Waals surface area contributed by atoms with E-state index < -0.39 is 5.97 Å². The summed E-state index contributed by atoms with van der Waals surface area (Å²) in [5, 5.41) is 10.0. The largest absolute Gasteiger partial charge is 0.478 e. The van der Waals surface area contributed by atoms with Gasteiger partial charge in [0.05, 0.1) is 5.56 Å². The summed E-state index contributed by atoms with van der Waals surface area (Å²) in [5.41, 5.74) is 0.844. The number of aromatic amines is 1. The van der Waals surface area contributed by atoms with Crippen LogP contribution in [0.15, 0.2) is 29.2 Å². The van der Waals surface area contributed by atoms with Crippen LogP contribution < -0.4 is 5.56 Å². The zero-order chi connectivity index (χ0) is 11.0. The van der Waals surface area contributed by atoms with Crippen LogP contribution >= 0.6 is 0 Å². The van der Waals surface area contributed by atoms with Crippen molar-refractivity contribution in [2.45, 2.75) is 6.92 Å². The van der Waals surface area contributed by atoms with Crippen LogP contribution in [0.25, 0.3) is 10.8 Å². The maximum Gasteiger partial charge on any atom is 0.335 e. The van der Waals surface area contributed by atoms with E-state index in [4.69, 9.17) is 5.11 Å². The summed E-state index contributed by atoms with van der Waals surface area (Å²) < 4.78 is 0. The molecule has 4 nitrogen and oxygen atoms in total. The number of carboxylic acid groups (broad SMARTS) is 1. The van der Waals surface area contributed by atoms with Crippen LogP contribution in [0, 0.1) is 6.92 Å². The van der Waals surface area contributed by atoms with Crippen LogP contribution in [-0.4, -0.2) is 16.1 Å². The van der Waals surface area contributed by atoms with Gasteiger partial charge in [-0.25, -0.2) is 4.79 Å². The Kier molecular flexibility index (Phi) is 2.04. The van der Waals surface area contributed by atoms with Gasteiger partial charge in [-0.3, -0.25) is 4.79 Å². The van der Waals surface area contributed by atoms with Crippen molar-refractivity contribution in [3.8, 4) is 0 Å². The molecule has 0 aliphatic heterocycles. The number of carbonyl (C=O) groups is 1. The molecule has 0 unspecified atom stereocenters. The van der Waals surface area contributed by atoms with Crippen molar-refractivity contribution in [1.82, 2.24) is 4.98 Å². The molecule has 0 spiro atoms. The average Bonchev–Trinajstić information content (AvgIpc) is 2.23. The molecule has 0 aliphatic rings. The highest BCUT2D eigenvalue weighted by molar-refractivity contribution is 5.95. The molecule has 0 atom stereocenters. The van der Waals surface area contributed by atoms with E-state index in [0.717, 1.165) is 5.56 Å². The minimum atomic E-state index is -0.989. The predicted molar refractivity (Wildman–Crippen MR) is 56.3 cm³/mol. The van der Waals surface area contributed by atoms with Gasteiger partial charge in [0.25, 0.3) is 5.56 Å². The number of nitrogens with one attached hydrogen (secondary N) is 1. The third-order valence-electron chi connectivity index (χ3n) is 2.36. The Morgan fingerprint density at radius 2 is 2.07 bits per heavy atom. The molecular weight excluding hydrogens is 194 g/mol. The summed E-state index contributed by atoms with van der Waals surface area (Å²) in [6, 6.07) is 4.48. The lowest BCUT2D eigenvalue weighted by Gasteiger charge is -2.02. The molecule has 4 heteroatoms. The highest BCUT2D eigenvalue weighted by Crippen LogP contribution is 2.15. The Labute approximate surface area is 85.2 Å². The lowest BCUT2D eigenvalue weighted by molar-refractivity contribution is 0.0697. The molecule has 2 rings (SSSR count). The quantitative estimate of drug-likeness (QED) is 0.738. The number of aromatic carboxylic acids is 1. The normalized spacial score (nSPS) is 10.5. The van der Waals surface area contributed by atoms with E-state index in [9.17, 15) is 9.59 Å². The van der Waals surface area contributed by atoms with E-state index in [1.54, 1.807) is 6.20 Å². The van der Waals surface area contributed by atoms with Gasteiger partial charge in [-0.15, -0.1) is 0 Å². The minimum absolute atomic E-state index is 0.191. The monoisotopic (exact) mass is 203 g/mol. The van der Waals surface area contributed by atoms with Gasteiger partial charge < -0.3 is 10.1 Å². The van der Waals surface area contributed by atoms with Gasteiger partial charge in [0.15, 0.2) is 0 Å². The molecule has 0 saturated carbocycles. The molecule has 2 N–H and O–H groups in total. The zero-order valence-electron chi connectivity index (χ0n) is 8.07. The van der Waals surface area contributed by atoms with E-state index in [1.807, 2.05) is 6.92 Å². The van der Waals surface area contributed by atoms with Crippen molar-refractivity contribution < 1.29 is 9.90 Å². The Bertz CT molecular complexity index is 598. The maximum absolute atomic E-state index is 11.4. The van der Waals surface area contributed by atoms with Gasteiger partial charge in [0.1, 0.15) is 0 Å². The molecule has 2 aromatic rings. The Morgan fingerprint density at radius 1 is 1.33 bits per heavy atom. The van der Waals surface area contributed by atoms with Gasteiger partial charge in [-0.05, 0) is 36.1 Å². The maximum atomic E-state index is 11.4. The predicted octanol–water partition coefficient (Wildman–Crippen LogP) is 1.53. The minimum Gasteiger partial charge on any atom is -0.478 e. The molecular formula is C11H9NO3. The standard InChI is InChI=1S/C11H9NO3/c1-6-5-12-10(13)8-3-2-7(11(14)15)4-9(6)8/h2-5H,1H3,(H,12,13)(H,14,15). The molecule has 0 fully saturated rings. The molecule has 1 aromatic carbocycles. The number of pyridine rings is 1. The van der Waals surface area contributed by atoms with Gasteiger partial charge >= 0.3 is 5.97 Å². The van der Waals surface area contributed by atoms with Gasteiger partial charge in [0.2, 0.25) is 0 Å². The first kappa shape index (κ1) is 9.45. The van der Waals surface area contributed by atoms with Crippen LogP contribution in [0.4, 0.5) is 0 Å². The third-order valence-corrected chi connectivity index (χ3v) is 2.36. The second-order valence-electron chi connectivity index (χ2n) is 3.37. The van der Waals surface area contributed by atoms with E-state index in [0.29, 0.717) is 10.8 Å². The van der Waals surface area contributed by atoms with Crippen LogP contribution in [0.1, 0.15) is 15.9 Å². The topological polar surface area (TPSA) is 70.2 Å². The van der Waals surface area contributed by atoms with Gasteiger partial charge in [-0.2, -0.15) is 0 Å². The molecule has 0 saturated heterocycles. The molecule has 0 amide bonds. The molecule has 1 aromatic heterocycles.